The quantitative estimate of drug-likeness (QED) is 0.193. The molecule has 0 fully saturated rings. The fraction of sp³-hybridized carbons (Fsp3) is 0.182. The van der Waals surface area contributed by atoms with Crippen LogP contribution in [0.25, 0.3) is 0 Å². The van der Waals surface area contributed by atoms with Crippen molar-refractivity contribution in [1.82, 2.24) is 4.98 Å². The van der Waals surface area contributed by atoms with Gasteiger partial charge >= 0.3 is 12.4 Å². The predicted molar refractivity (Wildman–Crippen MR) is 111 cm³/mol. The molecular formula is C22H14F6INO. The van der Waals surface area contributed by atoms with E-state index in [1.165, 1.54) is 0 Å². The lowest BCUT2D eigenvalue weighted by Crippen LogP contribution is -2.17. The molecule has 2 aromatic carbocycles. The maximum Gasteiger partial charge on any atom is 0.418 e. The van der Waals surface area contributed by atoms with E-state index in [4.69, 9.17) is 0 Å². The van der Waals surface area contributed by atoms with Crippen LogP contribution in [0.4, 0.5) is 26.3 Å². The molecule has 0 radical (unpaired) electrons. The van der Waals surface area contributed by atoms with Crippen LogP contribution in [0.15, 0.2) is 66.9 Å². The van der Waals surface area contributed by atoms with Crippen LogP contribution in [0.2, 0.25) is 0 Å². The number of pyridine rings is 1. The number of carbonyl (C=O) groups excluding carboxylic acids is 1. The van der Waals surface area contributed by atoms with Gasteiger partial charge < -0.3 is 0 Å². The maximum absolute atomic E-state index is 13.6. The first-order valence-corrected chi connectivity index (χ1v) is 10.0. The van der Waals surface area contributed by atoms with Crippen LogP contribution in [0.5, 0.6) is 0 Å². The second-order valence-electron chi connectivity index (χ2n) is 6.74. The van der Waals surface area contributed by atoms with E-state index >= 15 is 0 Å². The van der Waals surface area contributed by atoms with E-state index in [9.17, 15) is 31.1 Å². The summed E-state index contributed by atoms with van der Waals surface area (Å²) in [6, 6.07) is 12.2. The van der Waals surface area contributed by atoms with Crippen molar-refractivity contribution < 1.29 is 31.1 Å². The molecule has 0 bridgehead atoms. The molecule has 162 valence electrons. The highest BCUT2D eigenvalue weighted by molar-refractivity contribution is 14.1. The third-order valence-electron chi connectivity index (χ3n) is 4.67. The van der Waals surface area contributed by atoms with Crippen molar-refractivity contribution in [2.75, 3.05) is 0 Å². The Morgan fingerprint density at radius 2 is 1.48 bits per heavy atom. The molecular weight excluding hydrogens is 535 g/mol. The number of ketones is 1. The molecule has 1 atom stereocenters. The second-order valence-corrected chi connectivity index (χ2v) is 7.99. The molecule has 0 saturated heterocycles. The molecule has 31 heavy (non-hydrogen) atoms. The van der Waals surface area contributed by atoms with Crippen molar-refractivity contribution in [2.45, 2.75) is 24.7 Å². The van der Waals surface area contributed by atoms with Gasteiger partial charge in [0.25, 0.3) is 0 Å². The Balaban J connectivity index is 2.07. The Kier molecular flexibility index (Phi) is 6.73. The maximum atomic E-state index is 13.6. The molecule has 0 aliphatic carbocycles. The number of halogens is 7. The second kappa shape index (κ2) is 8.97. The summed E-state index contributed by atoms with van der Waals surface area (Å²) < 4.78 is 80.3. The van der Waals surface area contributed by atoms with Crippen molar-refractivity contribution in [1.29, 1.82) is 0 Å². The zero-order valence-electron chi connectivity index (χ0n) is 15.6. The third-order valence-corrected chi connectivity index (χ3v) is 5.39. The Bertz CT molecular complexity index is 1060. The Morgan fingerprint density at radius 1 is 0.871 bits per heavy atom. The summed E-state index contributed by atoms with van der Waals surface area (Å²) in [4.78, 5) is 16.7. The van der Waals surface area contributed by atoms with Gasteiger partial charge in [0.15, 0.2) is 5.78 Å². The fourth-order valence-corrected chi connectivity index (χ4v) is 3.51. The van der Waals surface area contributed by atoms with E-state index in [2.05, 4.69) is 4.98 Å². The average molecular weight is 549 g/mol. The van der Waals surface area contributed by atoms with Crippen LogP contribution in [0.1, 0.15) is 45.1 Å². The van der Waals surface area contributed by atoms with Crippen LogP contribution in [-0.2, 0) is 12.4 Å². The zero-order valence-corrected chi connectivity index (χ0v) is 17.8. The zero-order chi connectivity index (χ0) is 22.8. The van der Waals surface area contributed by atoms with E-state index in [-0.39, 0.29) is 12.0 Å². The SMILES string of the molecule is O=C(C[C@@H](c1ccc(C(F)(F)F)cc1)c1ncccc1C(F)(F)F)c1ccc(I)cc1. The Morgan fingerprint density at radius 3 is 2.03 bits per heavy atom. The first-order chi connectivity index (χ1) is 14.5. The monoisotopic (exact) mass is 549 g/mol. The van der Waals surface area contributed by atoms with Gasteiger partial charge in [0, 0.05) is 27.7 Å². The lowest BCUT2D eigenvalue weighted by molar-refractivity contribution is -0.139. The van der Waals surface area contributed by atoms with Gasteiger partial charge in [0.1, 0.15) is 0 Å². The Labute approximate surface area is 187 Å². The molecule has 0 amide bonds. The topological polar surface area (TPSA) is 30.0 Å². The van der Waals surface area contributed by atoms with Gasteiger partial charge in [-0.3, -0.25) is 9.78 Å². The molecule has 0 aliphatic heterocycles. The average Bonchev–Trinajstić information content (AvgIpc) is 2.71. The number of alkyl halides is 6. The molecule has 0 unspecified atom stereocenters. The summed E-state index contributed by atoms with van der Waals surface area (Å²) in [6.45, 7) is 0. The summed E-state index contributed by atoms with van der Waals surface area (Å²) in [5.41, 5.74) is -1.95. The number of nitrogens with zero attached hydrogens (tertiary/aromatic N) is 1. The highest BCUT2D eigenvalue weighted by Crippen LogP contribution is 2.39. The number of carbonyl (C=O) groups is 1. The van der Waals surface area contributed by atoms with Crippen molar-refractivity contribution in [3.8, 4) is 0 Å². The van der Waals surface area contributed by atoms with E-state index in [0.717, 1.165) is 46.2 Å². The van der Waals surface area contributed by atoms with Crippen LogP contribution < -0.4 is 0 Å². The number of Topliss-reactive ketones (excluding diaryl/α,β-unsaturated/α-hetero) is 1. The van der Waals surface area contributed by atoms with Gasteiger partial charge in [-0.05, 0) is 64.6 Å². The van der Waals surface area contributed by atoms with Crippen LogP contribution >= 0.6 is 22.6 Å². The first-order valence-electron chi connectivity index (χ1n) is 8.95. The van der Waals surface area contributed by atoms with Crippen LogP contribution in [-0.4, -0.2) is 10.8 Å². The largest absolute Gasteiger partial charge is 0.418 e. The van der Waals surface area contributed by atoms with Crippen molar-refractivity contribution >= 4 is 28.4 Å². The molecule has 0 aliphatic rings. The van der Waals surface area contributed by atoms with Crippen molar-refractivity contribution in [3.63, 3.8) is 0 Å². The summed E-state index contributed by atoms with van der Waals surface area (Å²) in [6.07, 6.45) is -8.55. The summed E-state index contributed by atoms with van der Waals surface area (Å²) in [7, 11) is 0. The number of hydrogen-bond acceptors (Lipinski definition) is 2. The van der Waals surface area contributed by atoms with Gasteiger partial charge in [-0.1, -0.05) is 24.3 Å². The molecule has 2 nitrogen and oxygen atoms in total. The van der Waals surface area contributed by atoms with E-state index in [1.54, 1.807) is 24.3 Å². The fourth-order valence-electron chi connectivity index (χ4n) is 3.15. The molecule has 1 heterocycles. The molecule has 0 spiro atoms. The first kappa shape index (κ1) is 23.2. The summed E-state index contributed by atoms with van der Waals surface area (Å²) in [5.74, 6) is -1.62. The van der Waals surface area contributed by atoms with E-state index in [1.807, 2.05) is 22.6 Å². The minimum absolute atomic E-state index is 0.135. The molecule has 3 rings (SSSR count). The normalized spacial score (nSPS) is 13.1. The molecule has 9 heteroatoms. The van der Waals surface area contributed by atoms with Crippen molar-refractivity contribution in [2.24, 2.45) is 0 Å². The van der Waals surface area contributed by atoms with Gasteiger partial charge in [-0.15, -0.1) is 0 Å². The minimum Gasteiger partial charge on any atom is -0.294 e. The van der Waals surface area contributed by atoms with Crippen molar-refractivity contribution in [3.05, 3.63) is 98.4 Å². The smallest absolute Gasteiger partial charge is 0.294 e. The predicted octanol–water partition coefficient (Wildman–Crippen LogP) is 7.13. The number of hydrogen-bond donors (Lipinski definition) is 0. The van der Waals surface area contributed by atoms with E-state index < -0.39 is 40.9 Å². The molecule has 3 aromatic rings. The molecule has 1 aromatic heterocycles. The third kappa shape index (κ3) is 5.63. The van der Waals surface area contributed by atoms with Gasteiger partial charge in [-0.2, -0.15) is 26.3 Å². The number of benzene rings is 2. The molecule has 0 saturated carbocycles. The van der Waals surface area contributed by atoms with Gasteiger partial charge in [-0.25, -0.2) is 0 Å². The van der Waals surface area contributed by atoms with Gasteiger partial charge in [0.05, 0.1) is 16.8 Å². The lowest BCUT2D eigenvalue weighted by atomic mass is 9.86. The molecule has 0 N–H and O–H groups in total. The van der Waals surface area contributed by atoms with Gasteiger partial charge in [0.2, 0.25) is 0 Å². The number of aromatic nitrogens is 1. The standard InChI is InChI=1S/C22H14F6INO/c23-21(24,25)15-7-3-13(4-8-15)17(12-19(31)14-5-9-16(29)10-6-14)20-18(22(26,27)28)2-1-11-30-20/h1-11,17H,12H2/t17-/m0/s1. The minimum atomic E-state index is -4.74. The number of rotatable bonds is 5. The van der Waals surface area contributed by atoms with Crippen LogP contribution in [0, 0.1) is 3.57 Å². The highest BCUT2D eigenvalue weighted by atomic mass is 127. The summed E-state index contributed by atoms with van der Waals surface area (Å²) in [5, 5.41) is 0. The van der Waals surface area contributed by atoms with Crippen LogP contribution in [0.3, 0.4) is 0 Å². The van der Waals surface area contributed by atoms with E-state index in [0.29, 0.717) is 5.56 Å². The summed E-state index contributed by atoms with van der Waals surface area (Å²) >= 11 is 2.05. The Hall–Kier alpha value is -2.43. The lowest BCUT2D eigenvalue weighted by Gasteiger charge is -2.21. The highest BCUT2D eigenvalue weighted by Gasteiger charge is 2.37.